The van der Waals surface area contributed by atoms with Crippen LogP contribution in [-0.2, 0) is 14.8 Å². The molecule has 1 saturated heterocycles. The number of sulfonamides is 1. The van der Waals surface area contributed by atoms with Crippen LogP contribution < -0.4 is 9.46 Å². The molecule has 1 atom stereocenters. The average molecular weight is 676 g/mol. The highest BCUT2D eigenvalue weighted by Crippen LogP contribution is 2.48. The number of anilines is 1. The number of aromatic nitrogens is 2. The number of carbonyl (C=O) groups excluding carboxylic acids is 2. The largest absolute Gasteiger partial charge is 0.475 e. The van der Waals surface area contributed by atoms with E-state index in [0.29, 0.717) is 31.5 Å². The zero-order chi connectivity index (χ0) is 34.4. The fraction of sp³-hybridized carbons (Fsp3) is 0.500. The second kappa shape index (κ2) is 12.8. The quantitative estimate of drug-likeness (QED) is 0.389. The van der Waals surface area contributed by atoms with Crippen molar-refractivity contribution in [1.29, 1.82) is 0 Å². The maximum Gasteiger partial charge on any atom is 0.264 e. The Hall–Kier alpha value is -4.03. The molecule has 2 fully saturated rings. The standard InChI is InChI=1S/C36H45N5O6S/c1-23-10-8-11-24(2)32(23)29-17-30-38-34(37-29)39-48(45,46)28-13-9-12-25(16-28)33(44)41(27(22-47-30)18-35(3,4)5)26-19-36(20-26)14-6-7-15-40(36)31(43)21-42/h8-13,16-17,26-27,42H,6-7,14-15,18-22H2,1-5H3,(H,37,38,39)/t26?,27-,36?/m1/s1. The molecule has 0 unspecified atom stereocenters. The second-order valence-electron chi connectivity index (χ2n) is 14.7. The number of rotatable bonds is 4. The minimum Gasteiger partial charge on any atom is -0.475 e. The van der Waals surface area contributed by atoms with E-state index in [1.807, 2.05) is 41.8 Å². The lowest BCUT2D eigenvalue weighted by molar-refractivity contribution is -0.153. The van der Waals surface area contributed by atoms with Crippen molar-refractivity contribution >= 4 is 27.8 Å². The lowest BCUT2D eigenvalue weighted by Gasteiger charge is -2.60. The Morgan fingerprint density at radius 2 is 1.77 bits per heavy atom. The van der Waals surface area contributed by atoms with E-state index in [4.69, 9.17) is 4.74 Å². The van der Waals surface area contributed by atoms with Crippen molar-refractivity contribution in [3.8, 4) is 17.1 Å². The van der Waals surface area contributed by atoms with Gasteiger partial charge in [0, 0.05) is 35.3 Å². The van der Waals surface area contributed by atoms with E-state index in [1.165, 1.54) is 12.1 Å². The lowest BCUT2D eigenvalue weighted by Crippen LogP contribution is -2.68. The summed E-state index contributed by atoms with van der Waals surface area (Å²) in [6.45, 7) is 10.4. The van der Waals surface area contributed by atoms with Crippen molar-refractivity contribution < 1.29 is 27.9 Å². The third-order valence-corrected chi connectivity index (χ3v) is 11.2. The van der Waals surface area contributed by atoms with Crippen molar-refractivity contribution in [2.45, 2.75) is 95.7 Å². The smallest absolute Gasteiger partial charge is 0.264 e. The fourth-order valence-corrected chi connectivity index (χ4v) is 8.77. The van der Waals surface area contributed by atoms with Gasteiger partial charge in [-0.2, -0.15) is 4.98 Å². The SMILES string of the molecule is Cc1cccc(C)c1-c1cc2nc(n1)NS(=O)(=O)c1cccc(c1)C(=O)N(C1CC3(CCCCN3C(=O)CO)C1)[C@H](CC(C)(C)C)CO2. The van der Waals surface area contributed by atoms with E-state index in [2.05, 4.69) is 35.5 Å². The number of hydrogen-bond acceptors (Lipinski definition) is 8. The van der Waals surface area contributed by atoms with Crippen LogP contribution in [0.5, 0.6) is 5.88 Å². The van der Waals surface area contributed by atoms with Gasteiger partial charge in [0.25, 0.3) is 15.9 Å². The van der Waals surface area contributed by atoms with Gasteiger partial charge in [0.2, 0.25) is 17.7 Å². The van der Waals surface area contributed by atoms with Gasteiger partial charge in [-0.05, 0) is 87.1 Å². The third kappa shape index (κ3) is 6.64. The number of carbonyl (C=O) groups is 2. The minimum absolute atomic E-state index is 0.0828. The molecule has 1 saturated carbocycles. The zero-order valence-electron chi connectivity index (χ0n) is 28.3. The maximum atomic E-state index is 14.6. The first kappa shape index (κ1) is 33.9. The average Bonchev–Trinajstić information content (AvgIpc) is 3.01. The molecular formula is C36H45N5O6S. The normalized spacial score (nSPS) is 24.0. The number of likely N-dealkylation sites (tertiary alicyclic amines) is 1. The topological polar surface area (TPSA) is 142 Å². The number of ether oxygens (including phenoxy) is 1. The van der Waals surface area contributed by atoms with Crippen LogP contribution in [0.4, 0.5) is 5.95 Å². The molecule has 256 valence electrons. The van der Waals surface area contributed by atoms with Crippen molar-refractivity contribution in [3.63, 3.8) is 0 Å². The van der Waals surface area contributed by atoms with E-state index < -0.39 is 28.2 Å². The summed E-state index contributed by atoms with van der Waals surface area (Å²) in [5.74, 6) is -0.524. The molecule has 2 aliphatic heterocycles. The van der Waals surface area contributed by atoms with E-state index in [0.717, 1.165) is 36.0 Å². The monoisotopic (exact) mass is 675 g/mol. The van der Waals surface area contributed by atoms with Crippen LogP contribution in [0.1, 0.15) is 80.8 Å². The van der Waals surface area contributed by atoms with Gasteiger partial charge < -0.3 is 19.6 Å². The Kier molecular flexibility index (Phi) is 9.01. The van der Waals surface area contributed by atoms with Crippen molar-refractivity contribution in [1.82, 2.24) is 19.8 Å². The lowest BCUT2D eigenvalue weighted by atomic mass is 9.65. The molecule has 48 heavy (non-hydrogen) atoms. The number of nitrogens with zero attached hydrogens (tertiary/aromatic N) is 4. The van der Waals surface area contributed by atoms with Gasteiger partial charge in [0.05, 0.1) is 16.6 Å². The molecule has 2 amide bonds. The van der Waals surface area contributed by atoms with Gasteiger partial charge in [-0.25, -0.2) is 18.1 Å². The Balaban J connectivity index is 1.46. The number of benzene rings is 2. The van der Waals surface area contributed by atoms with Gasteiger partial charge in [-0.3, -0.25) is 9.59 Å². The van der Waals surface area contributed by atoms with Crippen LogP contribution in [0.3, 0.4) is 0 Å². The van der Waals surface area contributed by atoms with Crippen molar-refractivity contribution in [3.05, 3.63) is 65.2 Å². The number of hydrogen-bond donors (Lipinski definition) is 2. The van der Waals surface area contributed by atoms with Gasteiger partial charge in [-0.15, -0.1) is 0 Å². The van der Waals surface area contributed by atoms with Gasteiger partial charge in [-0.1, -0.05) is 45.0 Å². The van der Waals surface area contributed by atoms with Crippen molar-refractivity contribution in [2.24, 2.45) is 5.41 Å². The molecule has 3 aromatic rings. The summed E-state index contributed by atoms with van der Waals surface area (Å²) in [6.07, 6.45) is 4.39. The molecule has 6 rings (SSSR count). The second-order valence-corrected chi connectivity index (χ2v) is 16.4. The highest BCUT2D eigenvalue weighted by atomic mass is 32.2. The first-order valence-corrected chi connectivity index (χ1v) is 18.1. The van der Waals surface area contributed by atoms with Crippen LogP contribution in [0.15, 0.2) is 53.4 Å². The highest BCUT2D eigenvalue weighted by Gasteiger charge is 2.54. The summed E-state index contributed by atoms with van der Waals surface area (Å²) in [7, 11) is -4.18. The van der Waals surface area contributed by atoms with Gasteiger partial charge in [0.15, 0.2) is 0 Å². The van der Waals surface area contributed by atoms with Gasteiger partial charge in [0.1, 0.15) is 13.2 Å². The Morgan fingerprint density at radius 3 is 2.46 bits per heavy atom. The maximum absolute atomic E-state index is 14.6. The molecule has 1 aromatic heterocycles. The molecule has 11 nitrogen and oxygen atoms in total. The fourth-order valence-electron chi connectivity index (χ4n) is 7.78. The summed E-state index contributed by atoms with van der Waals surface area (Å²) >= 11 is 0. The summed E-state index contributed by atoms with van der Waals surface area (Å²) in [5, 5.41) is 9.73. The van der Waals surface area contributed by atoms with Crippen LogP contribution in [0.2, 0.25) is 0 Å². The Labute approximate surface area is 282 Å². The number of fused-ring (bicyclic) bond motifs is 4. The predicted octanol–water partition coefficient (Wildman–Crippen LogP) is 5.11. The molecule has 0 radical (unpaired) electrons. The van der Waals surface area contributed by atoms with E-state index in [-0.39, 0.29) is 52.2 Å². The van der Waals surface area contributed by atoms with Crippen molar-refractivity contribution in [2.75, 3.05) is 24.5 Å². The molecule has 2 N–H and O–H groups in total. The van der Waals surface area contributed by atoms with Crippen LogP contribution >= 0.6 is 0 Å². The summed E-state index contributed by atoms with van der Waals surface area (Å²) in [5.41, 5.74) is 2.94. The summed E-state index contributed by atoms with van der Waals surface area (Å²) in [4.78, 5) is 40.1. The van der Waals surface area contributed by atoms with Crippen LogP contribution in [-0.4, -0.2) is 82.5 Å². The van der Waals surface area contributed by atoms with Crippen LogP contribution in [0.25, 0.3) is 11.3 Å². The van der Waals surface area contributed by atoms with E-state index >= 15 is 0 Å². The molecular weight excluding hydrogens is 630 g/mol. The predicted molar refractivity (Wildman–Crippen MR) is 182 cm³/mol. The number of aryl methyl sites for hydroxylation is 2. The highest BCUT2D eigenvalue weighted by molar-refractivity contribution is 7.92. The number of amides is 2. The number of nitrogens with one attached hydrogen (secondary N) is 1. The Morgan fingerprint density at radius 1 is 1.06 bits per heavy atom. The molecule has 3 aliphatic rings. The van der Waals surface area contributed by atoms with Crippen LogP contribution in [0, 0.1) is 19.3 Å². The number of aliphatic hydroxyl groups excluding tert-OH is 1. The first-order chi connectivity index (χ1) is 22.7. The zero-order valence-corrected chi connectivity index (χ0v) is 29.1. The molecule has 2 aromatic carbocycles. The number of aliphatic hydroxyl groups is 1. The third-order valence-electron chi connectivity index (χ3n) is 9.86. The molecule has 1 aliphatic carbocycles. The Bertz CT molecular complexity index is 1810. The summed E-state index contributed by atoms with van der Waals surface area (Å²) < 4.78 is 36.4. The molecule has 3 heterocycles. The number of piperidine rings is 1. The molecule has 1 spiro atoms. The summed E-state index contributed by atoms with van der Waals surface area (Å²) in [6, 6.07) is 13.0. The molecule has 12 heteroatoms. The van der Waals surface area contributed by atoms with E-state index in [9.17, 15) is 23.1 Å². The molecule has 4 bridgehead atoms. The minimum atomic E-state index is -4.18. The van der Waals surface area contributed by atoms with E-state index in [1.54, 1.807) is 18.2 Å². The van der Waals surface area contributed by atoms with Gasteiger partial charge >= 0.3 is 0 Å². The first-order valence-electron chi connectivity index (χ1n) is 16.7.